The van der Waals surface area contributed by atoms with Crippen molar-refractivity contribution in [2.75, 3.05) is 18.0 Å². The van der Waals surface area contributed by atoms with Crippen molar-refractivity contribution in [3.05, 3.63) is 29.8 Å². The number of nitrogens with one attached hydrogen (secondary N) is 2. The largest absolute Gasteiger partial charge is 0.338 e. The molecule has 0 fully saturated rings. The Labute approximate surface area is 108 Å². The van der Waals surface area contributed by atoms with E-state index >= 15 is 0 Å². The van der Waals surface area contributed by atoms with Gasteiger partial charge >= 0.3 is 6.03 Å². The third-order valence-electron chi connectivity index (χ3n) is 3.15. The Morgan fingerprint density at radius 1 is 1.50 bits per heavy atom. The first-order chi connectivity index (χ1) is 8.72. The highest BCUT2D eigenvalue weighted by Gasteiger charge is 2.23. The zero-order valence-electron chi connectivity index (χ0n) is 11.1. The van der Waals surface area contributed by atoms with Crippen molar-refractivity contribution in [3.8, 4) is 0 Å². The van der Waals surface area contributed by atoms with Gasteiger partial charge in [-0.3, -0.25) is 4.90 Å². The van der Waals surface area contributed by atoms with Gasteiger partial charge in [-0.05, 0) is 25.0 Å². The van der Waals surface area contributed by atoms with E-state index in [2.05, 4.69) is 30.5 Å². The number of carbonyl (C=O) groups excluding carboxylic acids is 1. The van der Waals surface area contributed by atoms with Crippen LogP contribution in [0.25, 0.3) is 0 Å². The van der Waals surface area contributed by atoms with Crippen LogP contribution in [0.4, 0.5) is 10.5 Å². The molecule has 2 N–H and O–H groups in total. The molecule has 18 heavy (non-hydrogen) atoms. The van der Waals surface area contributed by atoms with Crippen LogP contribution in [-0.2, 0) is 6.54 Å². The number of para-hydroxylation sites is 1. The smallest absolute Gasteiger partial charge is 0.321 e. The molecule has 98 valence electrons. The van der Waals surface area contributed by atoms with Crippen LogP contribution in [0.5, 0.6) is 0 Å². The highest BCUT2D eigenvalue weighted by molar-refractivity contribution is 5.93. The summed E-state index contributed by atoms with van der Waals surface area (Å²) in [4.78, 5) is 14.0. The molecule has 1 unspecified atom stereocenters. The van der Waals surface area contributed by atoms with Gasteiger partial charge in [0.25, 0.3) is 0 Å². The first-order valence-electron chi connectivity index (χ1n) is 6.59. The summed E-state index contributed by atoms with van der Waals surface area (Å²) in [6, 6.07) is 8.37. The lowest BCUT2D eigenvalue weighted by Crippen LogP contribution is -2.45. The molecule has 1 aliphatic rings. The summed E-state index contributed by atoms with van der Waals surface area (Å²) in [5.74, 6) is 0. The van der Waals surface area contributed by atoms with Crippen LogP contribution in [-0.4, -0.2) is 25.2 Å². The van der Waals surface area contributed by atoms with Gasteiger partial charge in [0.1, 0.15) is 0 Å². The van der Waals surface area contributed by atoms with E-state index in [1.165, 1.54) is 5.56 Å². The van der Waals surface area contributed by atoms with E-state index in [9.17, 15) is 4.79 Å². The number of amides is 2. The Balaban J connectivity index is 2.23. The number of hydrogen-bond donors (Lipinski definition) is 2. The first-order valence-corrected chi connectivity index (χ1v) is 6.59. The maximum atomic E-state index is 12.2. The van der Waals surface area contributed by atoms with Gasteiger partial charge in [0, 0.05) is 31.4 Å². The monoisotopic (exact) mass is 247 g/mol. The molecule has 1 aromatic carbocycles. The van der Waals surface area contributed by atoms with Gasteiger partial charge in [-0.2, -0.15) is 0 Å². The van der Waals surface area contributed by atoms with Gasteiger partial charge in [-0.25, -0.2) is 4.79 Å². The van der Waals surface area contributed by atoms with Crippen molar-refractivity contribution < 1.29 is 4.79 Å². The van der Waals surface area contributed by atoms with Crippen LogP contribution in [0.1, 0.15) is 25.8 Å². The first kappa shape index (κ1) is 12.9. The SMILES string of the molecule is CCCNC(=O)N1CC(C)NCc2ccccc21. The molecule has 2 rings (SSSR count). The van der Waals surface area contributed by atoms with Crippen LogP contribution < -0.4 is 15.5 Å². The summed E-state index contributed by atoms with van der Waals surface area (Å²) in [5.41, 5.74) is 2.19. The van der Waals surface area contributed by atoms with Crippen molar-refractivity contribution >= 4 is 11.7 Å². The molecule has 0 radical (unpaired) electrons. The van der Waals surface area contributed by atoms with Gasteiger partial charge in [-0.1, -0.05) is 25.1 Å². The van der Waals surface area contributed by atoms with E-state index in [1.54, 1.807) is 0 Å². The summed E-state index contributed by atoms with van der Waals surface area (Å²) >= 11 is 0. The fourth-order valence-electron chi connectivity index (χ4n) is 2.16. The molecule has 4 heteroatoms. The van der Waals surface area contributed by atoms with Crippen molar-refractivity contribution in [1.82, 2.24) is 10.6 Å². The molecule has 0 saturated heterocycles. The van der Waals surface area contributed by atoms with Crippen molar-refractivity contribution in [2.45, 2.75) is 32.9 Å². The van der Waals surface area contributed by atoms with E-state index < -0.39 is 0 Å². The van der Waals surface area contributed by atoms with Crippen molar-refractivity contribution in [2.24, 2.45) is 0 Å². The van der Waals surface area contributed by atoms with Crippen LogP contribution in [0.3, 0.4) is 0 Å². The highest BCUT2D eigenvalue weighted by Crippen LogP contribution is 2.23. The van der Waals surface area contributed by atoms with Gasteiger partial charge in [-0.15, -0.1) is 0 Å². The summed E-state index contributed by atoms with van der Waals surface area (Å²) < 4.78 is 0. The summed E-state index contributed by atoms with van der Waals surface area (Å²) in [6.45, 7) is 6.40. The highest BCUT2D eigenvalue weighted by atomic mass is 16.2. The lowest BCUT2D eigenvalue weighted by atomic mass is 10.1. The predicted molar refractivity (Wildman–Crippen MR) is 73.8 cm³/mol. The maximum absolute atomic E-state index is 12.2. The van der Waals surface area contributed by atoms with E-state index in [-0.39, 0.29) is 6.03 Å². The second-order valence-corrected chi connectivity index (χ2v) is 4.75. The van der Waals surface area contributed by atoms with Crippen LogP contribution in [0.15, 0.2) is 24.3 Å². The van der Waals surface area contributed by atoms with Crippen molar-refractivity contribution in [3.63, 3.8) is 0 Å². The molecule has 0 spiro atoms. The minimum absolute atomic E-state index is 0.000139. The Hall–Kier alpha value is -1.55. The number of benzene rings is 1. The average Bonchev–Trinajstić information content (AvgIpc) is 2.56. The topological polar surface area (TPSA) is 44.4 Å². The lowest BCUT2D eigenvalue weighted by molar-refractivity contribution is 0.246. The maximum Gasteiger partial charge on any atom is 0.321 e. The number of anilines is 1. The second-order valence-electron chi connectivity index (χ2n) is 4.75. The van der Waals surface area contributed by atoms with E-state index in [1.807, 2.05) is 23.1 Å². The van der Waals surface area contributed by atoms with Gasteiger partial charge in [0.05, 0.1) is 0 Å². The molecule has 0 aromatic heterocycles. The molecule has 1 atom stereocenters. The fraction of sp³-hybridized carbons (Fsp3) is 0.500. The molecule has 2 amide bonds. The minimum Gasteiger partial charge on any atom is -0.338 e. The van der Waals surface area contributed by atoms with Gasteiger partial charge < -0.3 is 10.6 Å². The van der Waals surface area contributed by atoms with Crippen LogP contribution >= 0.6 is 0 Å². The van der Waals surface area contributed by atoms with E-state index in [4.69, 9.17) is 0 Å². The number of urea groups is 1. The van der Waals surface area contributed by atoms with Crippen molar-refractivity contribution in [1.29, 1.82) is 0 Å². The lowest BCUT2D eigenvalue weighted by Gasteiger charge is -2.24. The van der Waals surface area contributed by atoms with Crippen LogP contribution in [0, 0.1) is 0 Å². The van der Waals surface area contributed by atoms with E-state index in [0.717, 1.165) is 25.2 Å². The summed E-state index contributed by atoms with van der Waals surface area (Å²) in [7, 11) is 0. The Morgan fingerprint density at radius 2 is 2.28 bits per heavy atom. The van der Waals surface area contributed by atoms with Gasteiger partial charge in [0.2, 0.25) is 0 Å². The molecule has 4 nitrogen and oxygen atoms in total. The zero-order chi connectivity index (χ0) is 13.0. The molecular formula is C14H21N3O. The summed E-state index contributed by atoms with van der Waals surface area (Å²) in [6.07, 6.45) is 0.953. The second kappa shape index (κ2) is 5.87. The fourth-order valence-corrected chi connectivity index (χ4v) is 2.16. The Morgan fingerprint density at radius 3 is 3.06 bits per heavy atom. The molecular weight excluding hydrogens is 226 g/mol. The number of rotatable bonds is 2. The zero-order valence-corrected chi connectivity index (χ0v) is 11.1. The normalized spacial score (nSPS) is 19.0. The number of carbonyl (C=O) groups is 1. The minimum atomic E-state index is -0.000139. The molecule has 1 aromatic rings. The molecule has 1 aliphatic heterocycles. The quantitative estimate of drug-likeness (QED) is 0.840. The molecule has 0 aliphatic carbocycles. The number of nitrogens with zero attached hydrogens (tertiary/aromatic N) is 1. The summed E-state index contributed by atoms with van der Waals surface area (Å²) in [5, 5.41) is 6.37. The molecule has 0 bridgehead atoms. The standard InChI is InChI=1S/C14H21N3O/c1-3-8-15-14(18)17-10-11(2)16-9-12-6-4-5-7-13(12)17/h4-7,11,16H,3,8-10H2,1-2H3,(H,15,18). The third-order valence-corrected chi connectivity index (χ3v) is 3.15. The molecule has 1 heterocycles. The van der Waals surface area contributed by atoms with Crippen LogP contribution in [0.2, 0.25) is 0 Å². The number of hydrogen-bond acceptors (Lipinski definition) is 2. The predicted octanol–water partition coefficient (Wildman–Crippen LogP) is 2.10. The van der Waals surface area contributed by atoms with Gasteiger partial charge in [0.15, 0.2) is 0 Å². The Bertz CT molecular complexity index is 419. The Kier molecular flexibility index (Phi) is 4.20. The molecule has 0 saturated carbocycles. The number of fused-ring (bicyclic) bond motifs is 1. The van der Waals surface area contributed by atoms with E-state index in [0.29, 0.717) is 12.6 Å². The average molecular weight is 247 g/mol. The third kappa shape index (κ3) is 2.82.